The van der Waals surface area contributed by atoms with Gasteiger partial charge in [0.05, 0.1) is 24.1 Å². The number of fused-ring (bicyclic) bond motifs is 2. The van der Waals surface area contributed by atoms with Crippen molar-refractivity contribution in [1.29, 1.82) is 0 Å². The Balaban J connectivity index is 1.33. The number of hydrogen-bond acceptors (Lipinski definition) is 6. The number of ether oxygens (including phenoxy) is 1. The van der Waals surface area contributed by atoms with Crippen LogP contribution in [0.1, 0.15) is 79.3 Å². The summed E-state index contributed by atoms with van der Waals surface area (Å²) in [6.45, 7) is 13.5. The lowest BCUT2D eigenvalue weighted by Gasteiger charge is -2.49. The number of benzene rings is 1. The van der Waals surface area contributed by atoms with Crippen molar-refractivity contribution < 1.29 is 19.1 Å². The summed E-state index contributed by atoms with van der Waals surface area (Å²) < 4.78 is 14.6. The molecule has 3 aliphatic rings. The van der Waals surface area contributed by atoms with Gasteiger partial charge in [0, 0.05) is 46.7 Å². The number of pyridine rings is 1. The van der Waals surface area contributed by atoms with Gasteiger partial charge in [-0.3, -0.25) is 9.69 Å². The van der Waals surface area contributed by atoms with Crippen molar-refractivity contribution in [3.05, 3.63) is 50.6 Å². The quantitative estimate of drug-likeness (QED) is 0.308. The lowest BCUT2D eigenvalue weighted by molar-refractivity contribution is -0.0217. The van der Waals surface area contributed by atoms with Crippen LogP contribution < -0.4 is 10.2 Å². The van der Waals surface area contributed by atoms with Crippen LogP contribution in [0.2, 0.25) is 18.1 Å². The van der Waals surface area contributed by atoms with E-state index in [9.17, 15) is 14.7 Å². The molecule has 1 saturated carbocycles. The Labute approximate surface area is 240 Å². The van der Waals surface area contributed by atoms with Crippen LogP contribution in [0, 0.1) is 0 Å². The second-order valence-corrected chi connectivity index (χ2v) is 19.1. The highest BCUT2D eigenvalue weighted by Gasteiger charge is 2.44. The number of carbonyl (C=O) groups is 1. The molecular weight excluding hydrogens is 541 g/mol. The molecule has 40 heavy (non-hydrogen) atoms. The van der Waals surface area contributed by atoms with Crippen LogP contribution in [-0.4, -0.2) is 55.2 Å². The van der Waals surface area contributed by atoms with E-state index < -0.39 is 19.7 Å². The number of aryl methyl sites for hydroxylation is 1. The first-order valence-corrected chi connectivity index (χ1v) is 18.2. The number of carboxylic acid groups (broad SMARTS) is 1. The summed E-state index contributed by atoms with van der Waals surface area (Å²) in [6, 6.07) is 6.65. The number of rotatable bonds is 7. The highest BCUT2D eigenvalue weighted by molar-refractivity contribution is 7.15. The molecular formula is C31H40N2O5SSi. The molecule has 214 valence electrons. The monoisotopic (exact) mass is 580 g/mol. The van der Waals surface area contributed by atoms with Gasteiger partial charge in [-0.25, -0.2) is 4.79 Å². The highest BCUT2D eigenvalue weighted by Crippen LogP contribution is 2.48. The molecule has 1 aromatic carbocycles. The standard InChI is InChI=1S/C31H40N2O5SSi/c1-31(2,3)40(5,6)38-19-15-32(16-19)24-8-7-9-25-22(24)14-26(39-25)20-12-13-21-27(29(20)37-4)33(18-10-11-18)17-23(28(21)34)30(35)36/h12-14,17-19,24H,7-11,15-16H2,1-6H3,(H,35,36). The second kappa shape index (κ2) is 9.82. The highest BCUT2D eigenvalue weighted by atomic mass is 32.1. The molecule has 1 aliphatic heterocycles. The van der Waals surface area contributed by atoms with Crippen LogP contribution in [0.4, 0.5) is 0 Å². The Kier molecular flexibility index (Phi) is 6.80. The second-order valence-electron chi connectivity index (χ2n) is 13.2. The fourth-order valence-electron chi connectivity index (χ4n) is 6.05. The molecule has 0 bridgehead atoms. The zero-order valence-electron chi connectivity index (χ0n) is 24.4. The predicted molar refractivity (Wildman–Crippen MR) is 163 cm³/mol. The minimum absolute atomic E-state index is 0.186. The fraction of sp³-hybridized carbons (Fsp3) is 0.548. The minimum Gasteiger partial charge on any atom is -0.494 e. The predicted octanol–water partition coefficient (Wildman–Crippen LogP) is 6.86. The van der Waals surface area contributed by atoms with Crippen molar-refractivity contribution in [1.82, 2.24) is 9.47 Å². The van der Waals surface area contributed by atoms with Gasteiger partial charge in [0.1, 0.15) is 5.56 Å². The molecule has 3 heterocycles. The van der Waals surface area contributed by atoms with Gasteiger partial charge in [0.25, 0.3) is 0 Å². The Morgan fingerprint density at radius 1 is 1.15 bits per heavy atom. The number of likely N-dealkylation sites (tertiary alicyclic amines) is 1. The Morgan fingerprint density at radius 2 is 1.88 bits per heavy atom. The topological polar surface area (TPSA) is 81.0 Å². The molecule has 7 nitrogen and oxygen atoms in total. The summed E-state index contributed by atoms with van der Waals surface area (Å²) >= 11 is 1.83. The van der Waals surface area contributed by atoms with Crippen molar-refractivity contribution >= 4 is 36.5 Å². The van der Waals surface area contributed by atoms with Crippen molar-refractivity contribution in [2.24, 2.45) is 0 Å². The summed E-state index contributed by atoms with van der Waals surface area (Å²) in [5, 5.41) is 10.3. The Morgan fingerprint density at radius 3 is 2.50 bits per heavy atom. The molecule has 6 rings (SSSR count). The molecule has 1 atom stereocenters. The maximum atomic E-state index is 13.1. The van der Waals surface area contributed by atoms with Gasteiger partial charge in [-0.2, -0.15) is 0 Å². The van der Waals surface area contributed by atoms with Crippen LogP contribution >= 0.6 is 11.3 Å². The largest absolute Gasteiger partial charge is 0.494 e. The first-order chi connectivity index (χ1) is 18.9. The molecule has 1 N–H and O–H groups in total. The summed E-state index contributed by atoms with van der Waals surface area (Å²) in [5.74, 6) is -0.537. The number of aromatic nitrogens is 1. The van der Waals surface area contributed by atoms with Gasteiger partial charge >= 0.3 is 5.97 Å². The van der Waals surface area contributed by atoms with Gasteiger partial charge in [0.2, 0.25) is 5.43 Å². The average Bonchev–Trinajstić information content (AvgIpc) is 3.62. The molecule has 0 radical (unpaired) electrons. The van der Waals surface area contributed by atoms with Gasteiger partial charge in [0.15, 0.2) is 14.1 Å². The summed E-state index contributed by atoms with van der Waals surface area (Å²) in [4.78, 5) is 30.1. The van der Waals surface area contributed by atoms with E-state index in [2.05, 4.69) is 44.8 Å². The Hall–Kier alpha value is -2.46. The van der Waals surface area contributed by atoms with Crippen LogP contribution in [0.25, 0.3) is 21.3 Å². The summed E-state index contributed by atoms with van der Waals surface area (Å²) in [6.07, 6.45) is 7.18. The van der Waals surface area contributed by atoms with E-state index in [0.29, 0.717) is 28.8 Å². The third-order valence-electron chi connectivity index (χ3n) is 9.45. The minimum atomic E-state index is -1.78. The molecule has 2 fully saturated rings. The third kappa shape index (κ3) is 4.64. The lowest BCUT2D eigenvalue weighted by atomic mass is 9.90. The van der Waals surface area contributed by atoms with Gasteiger partial charge in [-0.15, -0.1) is 11.3 Å². The van der Waals surface area contributed by atoms with E-state index in [-0.39, 0.29) is 16.6 Å². The van der Waals surface area contributed by atoms with Crippen molar-refractivity contribution in [2.75, 3.05) is 20.2 Å². The molecule has 9 heteroatoms. The SMILES string of the molecule is COc1c(-c2cc3c(s2)CCCC3N2CC(O[Si](C)(C)C(C)(C)C)C2)ccc2c(=O)c(C(=O)O)cn(C3CC3)c12. The first-order valence-electron chi connectivity index (χ1n) is 14.4. The lowest BCUT2D eigenvalue weighted by Crippen LogP contribution is -2.58. The number of methoxy groups -OCH3 is 1. The molecule has 1 saturated heterocycles. The van der Waals surface area contributed by atoms with Crippen molar-refractivity contribution in [3.8, 4) is 16.2 Å². The zero-order chi connectivity index (χ0) is 28.6. The number of hydrogen-bond donors (Lipinski definition) is 1. The van der Waals surface area contributed by atoms with E-state index >= 15 is 0 Å². The zero-order valence-corrected chi connectivity index (χ0v) is 26.2. The number of thiophene rings is 1. The van der Waals surface area contributed by atoms with E-state index in [0.717, 1.165) is 49.2 Å². The average molecular weight is 581 g/mol. The van der Waals surface area contributed by atoms with Crippen molar-refractivity contribution in [3.63, 3.8) is 0 Å². The van der Waals surface area contributed by atoms with Crippen LogP contribution in [-0.2, 0) is 10.8 Å². The number of aromatic carboxylic acids is 1. The Bertz CT molecular complexity index is 1540. The van der Waals surface area contributed by atoms with E-state index in [1.165, 1.54) is 23.1 Å². The maximum Gasteiger partial charge on any atom is 0.341 e. The molecule has 2 aromatic heterocycles. The summed E-state index contributed by atoms with van der Waals surface area (Å²) in [5.41, 5.74) is 2.44. The molecule has 3 aromatic rings. The summed E-state index contributed by atoms with van der Waals surface area (Å²) in [7, 11) is -0.136. The fourth-order valence-corrected chi connectivity index (χ4v) is 8.66. The molecule has 0 spiro atoms. The molecule has 1 unspecified atom stereocenters. The van der Waals surface area contributed by atoms with Gasteiger partial charge < -0.3 is 18.8 Å². The van der Waals surface area contributed by atoms with Crippen LogP contribution in [0.5, 0.6) is 5.75 Å². The maximum absolute atomic E-state index is 13.1. The first kappa shape index (κ1) is 27.7. The molecule has 0 amide bonds. The van der Waals surface area contributed by atoms with Crippen LogP contribution in [0.15, 0.2) is 29.2 Å². The van der Waals surface area contributed by atoms with Crippen LogP contribution in [0.3, 0.4) is 0 Å². The number of carboxylic acids is 1. The van der Waals surface area contributed by atoms with E-state index in [4.69, 9.17) is 9.16 Å². The van der Waals surface area contributed by atoms with Gasteiger partial charge in [-0.1, -0.05) is 20.8 Å². The van der Waals surface area contributed by atoms with E-state index in [1.54, 1.807) is 13.2 Å². The number of nitrogens with zero attached hydrogens (tertiary/aromatic N) is 2. The molecule has 2 aliphatic carbocycles. The third-order valence-corrected chi connectivity index (χ3v) is 15.2. The van der Waals surface area contributed by atoms with E-state index in [1.807, 2.05) is 22.0 Å². The van der Waals surface area contributed by atoms with Crippen molar-refractivity contribution in [2.45, 2.75) is 89.2 Å². The smallest absolute Gasteiger partial charge is 0.341 e. The van der Waals surface area contributed by atoms with Gasteiger partial charge in [-0.05, 0) is 74.0 Å². The normalized spacial score (nSPS) is 20.4.